The topological polar surface area (TPSA) is 75.0 Å². The monoisotopic (exact) mass is 206 g/mol. The van der Waals surface area contributed by atoms with E-state index in [1.165, 1.54) is 7.11 Å². The average Bonchev–Trinajstić information content (AvgIpc) is 2.19. The molecule has 0 bridgehead atoms. The zero-order chi connectivity index (χ0) is 11.0. The van der Waals surface area contributed by atoms with Gasteiger partial charge in [0, 0.05) is 0 Å². The molecule has 1 aromatic carbocycles. The van der Waals surface area contributed by atoms with Crippen molar-refractivity contribution in [2.75, 3.05) is 7.11 Å². The van der Waals surface area contributed by atoms with E-state index in [1.54, 1.807) is 12.1 Å². The lowest BCUT2D eigenvalue weighted by molar-refractivity contribution is 0.419. The van der Waals surface area contributed by atoms with Crippen LogP contribution >= 0.6 is 0 Å². The van der Waals surface area contributed by atoms with E-state index in [1.807, 2.05) is 6.92 Å². The Morgan fingerprint density at radius 3 is 2.60 bits per heavy atom. The predicted octanol–water partition coefficient (Wildman–Crippen LogP) is 0.533. The van der Waals surface area contributed by atoms with Gasteiger partial charge in [-0.2, -0.15) is 0 Å². The maximum Gasteiger partial charge on any atom is 0.326 e. The molecule has 15 heavy (non-hydrogen) atoms. The van der Waals surface area contributed by atoms with Gasteiger partial charge in [0.25, 0.3) is 5.56 Å². The number of hydrogen-bond donors (Lipinski definition) is 2. The molecule has 0 spiro atoms. The van der Waals surface area contributed by atoms with Crippen molar-refractivity contribution >= 4 is 10.9 Å². The summed E-state index contributed by atoms with van der Waals surface area (Å²) in [4.78, 5) is 27.4. The van der Waals surface area contributed by atoms with Crippen molar-refractivity contribution in [2.45, 2.75) is 6.92 Å². The van der Waals surface area contributed by atoms with Crippen LogP contribution in [-0.4, -0.2) is 17.1 Å². The van der Waals surface area contributed by atoms with Crippen molar-refractivity contribution in [1.29, 1.82) is 0 Å². The molecule has 0 unspecified atom stereocenters. The SMILES string of the molecule is COc1ccc(C)c2[nH]c(=O)[nH]c(=O)c12. The maximum atomic E-state index is 11.6. The number of H-pyrrole nitrogens is 2. The van der Waals surface area contributed by atoms with E-state index in [-0.39, 0.29) is 0 Å². The number of aromatic nitrogens is 2. The molecule has 5 heteroatoms. The van der Waals surface area contributed by atoms with Gasteiger partial charge in [-0.25, -0.2) is 4.79 Å². The zero-order valence-electron chi connectivity index (χ0n) is 8.38. The summed E-state index contributed by atoms with van der Waals surface area (Å²) in [6.45, 7) is 1.82. The summed E-state index contributed by atoms with van der Waals surface area (Å²) in [6, 6.07) is 3.49. The van der Waals surface area contributed by atoms with Crippen LogP contribution in [0.15, 0.2) is 21.7 Å². The molecule has 0 aliphatic rings. The van der Waals surface area contributed by atoms with E-state index in [2.05, 4.69) is 9.97 Å². The first-order valence-electron chi connectivity index (χ1n) is 4.43. The van der Waals surface area contributed by atoms with Crippen LogP contribution in [0.5, 0.6) is 5.75 Å². The molecule has 0 saturated carbocycles. The number of rotatable bonds is 1. The van der Waals surface area contributed by atoms with Gasteiger partial charge in [-0.05, 0) is 18.6 Å². The molecular weight excluding hydrogens is 196 g/mol. The molecule has 1 heterocycles. The van der Waals surface area contributed by atoms with Crippen LogP contribution in [0.2, 0.25) is 0 Å². The highest BCUT2D eigenvalue weighted by Crippen LogP contribution is 2.22. The maximum absolute atomic E-state index is 11.6. The van der Waals surface area contributed by atoms with Gasteiger partial charge >= 0.3 is 5.69 Å². The molecule has 0 fully saturated rings. The molecule has 5 nitrogen and oxygen atoms in total. The molecular formula is C10H10N2O3. The second-order valence-electron chi connectivity index (χ2n) is 3.24. The highest BCUT2D eigenvalue weighted by molar-refractivity contribution is 5.86. The summed E-state index contributed by atoms with van der Waals surface area (Å²) in [6.07, 6.45) is 0. The molecule has 0 saturated heterocycles. The lowest BCUT2D eigenvalue weighted by atomic mass is 10.1. The van der Waals surface area contributed by atoms with E-state index >= 15 is 0 Å². The number of aromatic amines is 2. The number of aryl methyl sites for hydroxylation is 1. The third kappa shape index (κ3) is 1.41. The van der Waals surface area contributed by atoms with E-state index in [0.29, 0.717) is 16.7 Å². The van der Waals surface area contributed by atoms with Crippen LogP contribution in [0.3, 0.4) is 0 Å². The van der Waals surface area contributed by atoms with Crippen LogP contribution < -0.4 is 16.0 Å². The molecule has 78 valence electrons. The Bertz CT molecular complexity index is 625. The van der Waals surface area contributed by atoms with Gasteiger partial charge in [0.05, 0.1) is 12.6 Å². The number of ether oxygens (including phenoxy) is 1. The van der Waals surface area contributed by atoms with Crippen molar-refractivity contribution in [1.82, 2.24) is 9.97 Å². The van der Waals surface area contributed by atoms with Crippen molar-refractivity contribution in [3.05, 3.63) is 38.5 Å². The molecule has 0 amide bonds. The lowest BCUT2D eigenvalue weighted by Gasteiger charge is -2.05. The first-order chi connectivity index (χ1) is 7.13. The number of fused-ring (bicyclic) bond motifs is 1. The van der Waals surface area contributed by atoms with Crippen LogP contribution in [0.4, 0.5) is 0 Å². The number of benzene rings is 1. The minimum atomic E-state index is -0.510. The minimum absolute atomic E-state index is 0.372. The number of nitrogens with one attached hydrogen (secondary N) is 2. The van der Waals surface area contributed by atoms with Crippen molar-refractivity contribution in [3.8, 4) is 5.75 Å². The summed E-state index contributed by atoms with van der Waals surface area (Å²) >= 11 is 0. The summed E-state index contributed by atoms with van der Waals surface area (Å²) in [7, 11) is 1.48. The predicted molar refractivity (Wildman–Crippen MR) is 56.5 cm³/mol. The molecule has 0 atom stereocenters. The Morgan fingerprint density at radius 1 is 1.20 bits per heavy atom. The normalized spacial score (nSPS) is 10.5. The van der Waals surface area contributed by atoms with E-state index in [0.717, 1.165) is 5.56 Å². The summed E-state index contributed by atoms with van der Waals surface area (Å²) < 4.78 is 5.06. The third-order valence-electron chi connectivity index (χ3n) is 2.29. The minimum Gasteiger partial charge on any atom is -0.496 e. The Kier molecular flexibility index (Phi) is 2.07. The zero-order valence-corrected chi connectivity index (χ0v) is 8.38. The highest BCUT2D eigenvalue weighted by Gasteiger charge is 2.08. The molecule has 0 radical (unpaired) electrons. The van der Waals surface area contributed by atoms with Crippen LogP contribution in [0.25, 0.3) is 10.9 Å². The second-order valence-corrected chi connectivity index (χ2v) is 3.24. The fraction of sp³-hybridized carbons (Fsp3) is 0.200. The van der Waals surface area contributed by atoms with Crippen LogP contribution in [0, 0.1) is 6.92 Å². The Hall–Kier alpha value is -2.04. The first-order valence-corrected chi connectivity index (χ1v) is 4.43. The first kappa shape index (κ1) is 9.51. The smallest absolute Gasteiger partial charge is 0.326 e. The number of methoxy groups -OCH3 is 1. The van der Waals surface area contributed by atoms with Gasteiger partial charge in [0.2, 0.25) is 0 Å². The Morgan fingerprint density at radius 2 is 1.93 bits per heavy atom. The third-order valence-corrected chi connectivity index (χ3v) is 2.29. The molecule has 2 rings (SSSR count). The summed E-state index contributed by atoms with van der Waals surface area (Å²) in [5, 5.41) is 0.372. The van der Waals surface area contributed by atoms with Crippen molar-refractivity contribution < 1.29 is 4.74 Å². The highest BCUT2D eigenvalue weighted by atomic mass is 16.5. The van der Waals surface area contributed by atoms with E-state index in [9.17, 15) is 9.59 Å². The van der Waals surface area contributed by atoms with Crippen molar-refractivity contribution in [2.24, 2.45) is 0 Å². The fourth-order valence-electron chi connectivity index (χ4n) is 1.55. The van der Waals surface area contributed by atoms with Gasteiger partial charge in [0.1, 0.15) is 11.1 Å². The standard InChI is InChI=1S/C10H10N2O3/c1-5-3-4-6(15-2)7-8(5)11-10(14)12-9(7)13/h3-4H,1-2H3,(H2,11,12,13,14). The lowest BCUT2D eigenvalue weighted by Crippen LogP contribution is -2.22. The fourth-order valence-corrected chi connectivity index (χ4v) is 1.55. The van der Waals surface area contributed by atoms with Crippen molar-refractivity contribution in [3.63, 3.8) is 0 Å². The largest absolute Gasteiger partial charge is 0.496 e. The summed E-state index contributed by atoms with van der Waals surface area (Å²) in [5.41, 5.74) is 0.398. The van der Waals surface area contributed by atoms with Gasteiger partial charge in [-0.1, -0.05) is 6.07 Å². The molecule has 0 aliphatic carbocycles. The van der Waals surface area contributed by atoms with Crippen LogP contribution in [0.1, 0.15) is 5.56 Å². The van der Waals surface area contributed by atoms with Gasteiger partial charge in [-0.15, -0.1) is 0 Å². The quantitative estimate of drug-likeness (QED) is 0.714. The van der Waals surface area contributed by atoms with Crippen LogP contribution in [-0.2, 0) is 0 Å². The second kappa shape index (κ2) is 3.27. The van der Waals surface area contributed by atoms with Gasteiger partial charge in [-0.3, -0.25) is 9.78 Å². The molecule has 0 aliphatic heterocycles. The Labute approximate surface area is 84.7 Å². The van der Waals surface area contributed by atoms with E-state index in [4.69, 9.17) is 4.74 Å². The van der Waals surface area contributed by atoms with Gasteiger partial charge in [0.15, 0.2) is 0 Å². The molecule has 2 N–H and O–H groups in total. The van der Waals surface area contributed by atoms with Gasteiger partial charge < -0.3 is 9.72 Å². The molecule has 2 aromatic rings. The molecule has 1 aromatic heterocycles. The Balaban J connectivity index is 3.07. The average molecular weight is 206 g/mol. The summed E-state index contributed by atoms with van der Waals surface area (Å²) in [5.74, 6) is 0.452. The van der Waals surface area contributed by atoms with E-state index < -0.39 is 11.2 Å². The number of hydrogen-bond acceptors (Lipinski definition) is 3.